The molecule has 0 bridgehead atoms. The van der Waals surface area contributed by atoms with Gasteiger partial charge in [-0.25, -0.2) is 9.97 Å². The van der Waals surface area contributed by atoms with Gasteiger partial charge in [0, 0.05) is 39.2 Å². The van der Waals surface area contributed by atoms with E-state index in [1.54, 1.807) is 0 Å². The maximum Gasteiger partial charge on any atom is 0.231 e. The van der Waals surface area contributed by atoms with Gasteiger partial charge in [0.15, 0.2) is 0 Å². The normalized spacial score (nSPS) is 15.9. The quantitative estimate of drug-likeness (QED) is 0.172. The van der Waals surface area contributed by atoms with Crippen LogP contribution in [0.2, 0.25) is 0 Å². The zero-order valence-electron chi connectivity index (χ0n) is 30.6. The topological polar surface area (TPSA) is 34.0 Å². The first kappa shape index (κ1) is 32.2. The Morgan fingerprint density at radius 1 is 0.446 bits per heavy atom. The minimum absolute atomic E-state index is 0.0176. The highest BCUT2D eigenvalue weighted by Gasteiger charge is 2.39. The third-order valence-electron chi connectivity index (χ3n) is 11.4. The lowest BCUT2D eigenvalue weighted by Crippen LogP contribution is -2.30. The molecule has 1 aliphatic heterocycles. The molecule has 11 rings (SSSR count). The molecule has 4 heteroatoms. The van der Waals surface area contributed by atoms with Gasteiger partial charge in [0.05, 0.1) is 28.5 Å². The fourth-order valence-electron chi connectivity index (χ4n) is 8.69. The second kappa shape index (κ2) is 13.2. The smallest absolute Gasteiger partial charge is 0.231 e. The van der Waals surface area contributed by atoms with Gasteiger partial charge in [0.25, 0.3) is 0 Å². The fourth-order valence-corrected chi connectivity index (χ4v) is 8.69. The molecule has 2 atom stereocenters. The summed E-state index contributed by atoms with van der Waals surface area (Å²) in [6.45, 7) is 0. The lowest BCUT2D eigenvalue weighted by Gasteiger charge is -2.29. The fraction of sp³-hybridized carbons (Fsp3) is 0.0385. The van der Waals surface area contributed by atoms with Crippen LogP contribution in [0, 0.1) is 0 Å². The summed E-state index contributed by atoms with van der Waals surface area (Å²) in [5.41, 5.74) is 14.7. The summed E-state index contributed by atoms with van der Waals surface area (Å²) in [6.07, 6.45) is 7.06. The lowest BCUT2D eigenvalue weighted by atomic mass is 9.86. The van der Waals surface area contributed by atoms with Crippen molar-refractivity contribution in [3.05, 3.63) is 217 Å². The van der Waals surface area contributed by atoms with E-state index < -0.39 is 0 Å². The Morgan fingerprint density at radius 3 is 1.77 bits per heavy atom. The predicted molar refractivity (Wildman–Crippen MR) is 231 cm³/mol. The van der Waals surface area contributed by atoms with Crippen LogP contribution in [-0.4, -0.2) is 20.6 Å². The molecule has 264 valence electrons. The van der Waals surface area contributed by atoms with Gasteiger partial charge in [-0.05, 0) is 64.2 Å². The summed E-state index contributed by atoms with van der Waals surface area (Å²) in [6, 6.07) is 66.9. The summed E-state index contributed by atoms with van der Waals surface area (Å²) in [5, 5.41) is 2.52. The number of allylic oxidation sites excluding steroid dienone is 2. The third-order valence-corrected chi connectivity index (χ3v) is 11.4. The molecule has 7 aromatic carbocycles. The molecular weight excluding hydrogens is 681 g/mol. The third kappa shape index (κ3) is 5.38. The molecule has 9 aromatic rings. The minimum atomic E-state index is 0.0176. The van der Waals surface area contributed by atoms with Crippen molar-refractivity contribution in [2.45, 2.75) is 12.0 Å². The summed E-state index contributed by atoms with van der Waals surface area (Å²) in [7, 11) is 0. The van der Waals surface area contributed by atoms with E-state index in [9.17, 15) is 0 Å². The largest absolute Gasteiger partial charge is 0.309 e. The number of aromatic nitrogens is 3. The van der Waals surface area contributed by atoms with E-state index in [1.807, 2.05) is 12.1 Å². The highest BCUT2D eigenvalue weighted by Crippen LogP contribution is 2.49. The van der Waals surface area contributed by atoms with Crippen molar-refractivity contribution in [2.24, 2.45) is 0 Å². The summed E-state index contributed by atoms with van der Waals surface area (Å²) in [5.74, 6) is 0.885. The van der Waals surface area contributed by atoms with Crippen molar-refractivity contribution in [3.8, 4) is 39.3 Å². The first-order chi connectivity index (χ1) is 27.8. The van der Waals surface area contributed by atoms with Gasteiger partial charge in [0.1, 0.15) is 0 Å². The van der Waals surface area contributed by atoms with Crippen molar-refractivity contribution in [1.29, 1.82) is 0 Å². The number of fused-ring (bicyclic) bond motifs is 6. The van der Waals surface area contributed by atoms with E-state index in [0.29, 0.717) is 5.95 Å². The van der Waals surface area contributed by atoms with E-state index >= 15 is 0 Å². The number of benzene rings is 7. The average molecular weight is 717 g/mol. The van der Waals surface area contributed by atoms with Gasteiger partial charge in [-0.2, -0.15) is 0 Å². The number of rotatable bonds is 6. The predicted octanol–water partition coefficient (Wildman–Crippen LogP) is 12.8. The average Bonchev–Trinajstić information content (AvgIpc) is 3.79. The highest BCUT2D eigenvalue weighted by molar-refractivity contribution is 6.10. The Morgan fingerprint density at radius 2 is 1.04 bits per heavy atom. The second-order valence-electron chi connectivity index (χ2n) is 14.6. The molecule has 56 heavy (non-hydrogen) atoms. The summed E-state index contributed by atoms with van der Waals surface area (Å²) in [4.78, 5) is 12.9. The van der Waals surface area contributed by atoms with Gasteiger partial charge in [0.2, 0.25) is 5.95 Å². The Balaban J connectivity index is 0.978. The molecule has 0 saturated heterocycles. The molecule has 1 aliphatic carbocycles. The van der Waals surface area contributed by atoms with E-state index in [-0.39, 0.29) is 12.0 Å². The molecule has 0 saturated carbocycles. The van der Waals surface area contributed by atoms with Crippen LogP contribution in [0.4, 0.5) is 11.6 Å². The molecular formula is C52H36N4. The monoisotopic (exact) mass is 716 g/mol. The van der Waals surface area contributed by atoms with Gasteiger partial charge in [-0.15, -0.1) is 0 Å². The zero-order valence-corrected chi connectivity index (χ0v) is 30.6. The maximum absolute atomic E-state index is 5.26. The molecule has 3 heterocycles. The van der Waals surface area contributed by atoms with E-state index in [1.165, 1.54) is 49.6 Å². The minimum Gasteiger partial charge on any atom is -0.309 e. The van der Waals surface area contributed by atoms with Crippen molar-refractivity contribution < 1.29 is 0 Å². The van der Waals surface area contributed by atoms with Crippen molar-refractivity contribution in [3.63, 3.8) is 0 Å². The van der Waals surface area contributed by atoms with Crippen LogP contribution >= 0.6 is 0 Å². The van der Waals surface area contributed by atoms with Crippen LogP contribution in [0.25, 0.3) is 66.7 Å². The van der Waals surface area contributed by atoms with Crippen LogP contribution in [0.5, 0.6) is 0 Å². The van der Waals surface area contributed by atoms with Crippen LogP contribution in [0.15, 0.2) is 206 Å². The number of nitrogens with zero attached hydrogens (tertiary/aromatic N) is 4. The molecule has 0 N–H and O–H groups in total. The van der Waals surface area contributed by atoms with Crippen LogP contribution in [-0.2, 0) is 0 Å². The Bertz CT molecular complexity index is 2900. The number of hydrogen-bond acceptors (Lipinski definition) is 3. The molecule has 0 radical (unpaired) electrons. The van der Waals surface area contributed by atoms with Crippen LogP contribution in [0.3, 0.4) is 0 Å². The van der Waals surface area contributed by atoms with Crippen molar-refractivity contribution >= 4 is 39.0 Å². The second-order valence-corrected chi connectivity index (χ2v) is 14.6. The van der Waals surface area contributed by atoms with Gasteiger partial charge in [-0.1, -0.05) is 170 Å². The van der Waals surface area contributed by atoms with Crippen LogP contribution in [0.1, 0.15) is 17.0 Å². The van der Waals surface area contributed by atoms with Gasteiger partial charge >= 0.3 is 0 Å². The molecule has 0 spiro atoms. The molecule has 0 amide bonds. The zero-order chi connectivity index (χ0) is 37.0. The highest BCUT2D eigenvalue weighted by atomic mass is 15.3. The molecule has 0 fully saturated rings. The first-order valence-corrected chi connectivity index (χ1v) is 19.2. The lowest BCUT2D eigenvalue weighted by molar-refractivity contribution is 0.732. The van der Waals surface area contributed by atoms with Gasteiger partial charge < -0.3 is 9.47 Å². The Kier molecular flexibility index (Phi) is 7.59. The summed E-state index contributed by atoms with van der Waals surface area (Å²) >= 11 is 0. The molecule has 2 unspecified atom stereocenters. The molecule has 2 aromatic heterocycles. The van der Waals surface area contributed by atoms with E-state index in [0.717, 1.165) is 33.9 Å². The molecule has 2 aliphatic rings. The van der Waals surface area contributed by atoms with E-state index in [4.69, 9.17) is 9.97 Å². The van der Waals surface area contributed by atoms with Crippen LogP contribution < -0.4 is 4.90 Å². The van der Waals surface area contributed by atoms with Crippen molar-refractivity contribution in [1.82, 2.24) is 14.5 Å². The SMILES string of the molecule is C1=CC2c3ccccc3N(c3nc(-c4ccccc4)cc(-c4ccccc4)n3)C2C=C1c1ccc(-c2ccc3c4ccccc4n(-c4ccccc4)c3c2)cc1. The number of para-hydroxylation sites is 3. The number of hydrogen-bond donors (Lipinski definition) is 0. The maximum atomic E-state index is 5.26. The Labute approximate surface area is 326 Å². The first-order valence-electron chi connectivity index (χ1n) is 19.2. The van der Waals surface area contributed by atoms with Crippen molar-refractivity contribution in [2.75, 3.05) is 4.90 Å². The standard InChI is InChI=1S/C52H36N4/c1-4-14-37(15-5-1)46-34-47(38-16-6-2-7-17-38)54-52(53-46)56-49-23-13-11-21-43(49)45-31-29-40(33-51(45)56)36-26-24-35(25-27-36)39-28-30-44-42-20-10-12-22-48(42)55(50(44)32-39)41-18-8-3-9-19-41/h1-34,45,51H. The Hall–Kier alpha value is -7.30. The number of anilines is 2. The van der Waals surface area contributed by atoms with E-state index in [2.05, 4.69) is 204 Å². The summed E-state index contributed by atoms with van der Waals surface area (Å²) < 4.78 is 2.38. The molecule has 4 nitrogen and oxygen atoms in total. The van der Waals surface area contributed by atoms with Gasteiger partial charge in [-0.3, -0.25) is 0 Å².